The third-order valence-corrected chi connectivity index (χ3v) is 4.64. The van der Waals surface area contributed by atoms with Gasteiger partial charge in [-0.3, -0.25) is 9.67 Å². The summed E-state index contributed by atoms with van der Waals surface area (Å²) in [5, 5.41) is 18.7. The molecule has 0 spiro atoms. The molecular formula is C21H22N6O. The topological polar surface area (TPSA) is 88.8 Å². The van der Waals surface area contributed by atoms with Crippen molar-refractivity contribution in [1.29, 1.82) is 0 Å². The highest BCUT2D eigenvalue weighted by Crippen LogP contribution is 2.27. The molecule has 0 aliphatic heterocycles. The molecule has 1 aromatic carbocycles. The summed E-state index contributed by atoms with van der Waals surface area (Å²) in [4.78, 5) is 13.8. The molecule has 4 aromatic rings. The number of benzene rings is 1. The second-order valence-corrected chi connectivity index (χ2v) is 6.73. The van der Waals surface area contributed by atoms with Gasteiger partial charge in [0.25, 0.3) is 0 Å². The molecule has 28 heavy (non-hydrogen) atoms. The van der Waals surface area contributed by atoms with Crippen molar-refractivity contribution in [3.63, 3.8) is 0 Å². The Kier molecular flexibility index (Phi) is 4.99. The fourth-order valence-corrected chi connectivity index (χ4v) is 3.31. The number of anilines is 1. The van der Waals surface area contributed by atoms with Crippen LogP contribution >= 0.6 is 0 Å². The smallest absolute Gasteiger partial charge is 0.182 e. The molecular weight excluding hydrogens is 352 g/mol. The molecule has 0 radical (unpaired) electrons. The molecule has 0 aliphatic carbocycles. The lowest BCUT2D eigenvalue weighted by atomic mass is 10.1. The first-order valence-electron chi connectivity index (χ1n) is 9.19. The van der Waals surface area contributed by atoms with Gasteiger partial charge in [-0.15, -0.1) is 0 Å². The van der Waals surface area contributed by atoms with E-state index in [1.165, 1.54) is 0 Å². The van der Waals surface area contributed by atoms with Gasteiger partial charge in [0, 0.05) is 13.2 Å². The van der Waals surface area contributed by atoms with Crippen molar-refractivity contribution < 1.29 is 5.11 Å². The van der Waals surface area contributed by atoms with Gasteiger partial charge in [-0.1, -0.05) is 36.4 Å². The van der Waals surface area contributed by atoms with Crippen LogP contribution in [0.4, 0.5) is 5.82 Å². The Morgan fingerprint density at radius 3 is 2.57 bits per heavy atom. The van der Waals surface area contributed by atoms with Crippen LogP contribution in [0.5, 0.6) is 0 Å². The first-order chi connectivity index (χ1) is 13.7. The number of pyridine rings is 1. The normalized spacial score (nSPS) is 12.2. The summed E-state index contributed by atoms with van der Waals surface area (Å²) in [6.07, 6.45) is 2.40. The Labute approximate surface area is 163 Å². The van der Waals surface area contributed by atoms with E-state index in [-0.39, 0.29) is 12.6 Å². The second-order valence-electron chi connectivity index (χ2n) is 6.73. The minimum Gasteiger partial charge on any atom is -0.394 e. The number of hydrogen-bond donors (Lipinski definition) is 2. The van der Waals surface area contributed by atoms with Gasteiger partial charge in [0.2, 0.25) is 0 Å². The van der Waals surface area contributed by atoms with Crippen LogP contribution < -0.4 is 5.32 Å². The summed E-state index contributed by atoms with van der Waals surface area (Å²) in [7, 11) is 1.86. The summed E-state index contributed by atoms with van der Waals surface area (Å²) in [6, 6.07) is 15.5. The number of fused-ring (bicyclic) bond motifs is 1. The average molecular weight is 374 g/mol. The van der Waals surface area contributed by atoms with Crippen LogP contribution in [-0.4, -0.2) is 42.5 Å². The molecule has 2 N–H and O–H groups in total. The van der Waals surface area contributed by atoms with Gasteiger partial charge >= 0.3 is 0 Å². The molecule has 3 aromatic heterocycles. The molecule has 0 amide bonds. The van der Waals surface area contributed by atoms with Crippen LogP contribution in [0.2, 0.25) is 0 Å². The number of aryl methyl sites for hydroxylation is 2. The van der Waals surface area contributed by atoms with Crippen molar-refractivity contribution in [2.45, 2.75) is 19.4 Å². The highest BCUT2D eigenvalue weighted by atomic mass is 16.3. The van der Waals surface area contributed by atoms with Crippen LogP contribution in [0.1, 0.15) is 11.3 Å². The Morgan fingerprint density at radius 2 is 1.86 bits per heavy atom. The fourth-order valence-electron chi connectivity index (χ4n) is 3.31. The zero-order chi connectivity index (χ0) is 19.5. The standard InChI is InChI=1S/C21H22N6O/c1-14-18-20(23-16(13-28)12-15-8-4-3-5-9-15)24-19(17-10-6-7-11-22-17)25-21(18)27(2)26-14/h3-11,16,28H,12-13H2,1-2H3,(H,23,24,25)/t16-/m1/s1. The molecule has 0 saturated carbocycles. The summed E-state index contributed by atoms with van der Waals surface area (Å²) in [5.74, 6) is 1.18. The van der Waals surface area contributed by atoms with E-state index in [0.717, 1.165) is 22.3 Å². The monoisotopic (exact) mass is 374 g/mol. The fraction of sp³-hybridized carbons (Fsp3) is 0.238. The summed E-state index contributed by atoms with van der Waals surface area (Å²) in [6.45, 7) is 1.92. The van der Waals surface area contributed by atoms with Crippen molar-refractivity contribution in [1.82, 2.24) is 24.7 Å². The van der Waals surface area contributed by atoms with E-state index in [1.807, 2.05) is 50.4 Å². The van der Waals surface area contributed by atoms with Crippen molar-refractivity contribution in [2.75, 3.05) is 11.9 Å². The third-order valence-electron chi connectivity index (χ3n) is 4.64. The number of nitrogens with zero attached hydrogens (tertiary/aromatic N) is 5. The van der Waals surface area contributed by atoms with E-state index in [9.17, 15) is 5.11 Å². The van der Waals surface area contributed by atoms with E-state index in [0.29, 0.717) is 23.8 Å². The number of hydrogen-bond acceptors (Lipinski definition) is 6. The van der Waals surface area contributed by atoms with Crippen LogP contribution in [0.15, 0.2) is 54.7 Å². The SMILES string of the molecule is Cc1nn(C)c2nc(-c3ccccn3)nc(N[C@@H](CO)Cc3ccccc3)c12. The van der Waals surface area contributed by atoms with E-state index in [2.05, 4.69) is 32.5 Å². The maximum absolute atomic E-state index is 9.94. The quantitative estimate of drug-likeness (QED) is 0.539. The molecule has 0 aliphatic rings. The number of aliphatic hydroxyl groups is 1. The van der Waals surface area contributed by atoms with Gasteiger partial charge in [0.05, 0.1) is 23.7 Å². The molecule has 7 heteroatoms. The van der Waals surface area contributed by atoms with E-state index in [4.69, 9.17) is 4.98 Å². The largest absolute Gasteiger partial charge is 0.394 e. The maximum atomic E-state index is 9.94. The molecule has 0 fully saturated rings. The lowest BCUT2D eigenvalue weighted by Crippen LogP contribution is -2.27. The van der Waals surface area contributed by atoms with Gasteiger partial charge in [-0.25, -0.2) is 9.97 Å². The minimum absolute atomic E-state index is 0.0153. The predicted octanol–water partition coefficient (Wildman–Crippen LogP) is 2.75. The van der Waals surface area contributed by atoms with Gasteiger partial charge < -0.3 is 10.4 Å². The van der Waals surface area contributed by atoms with Crippen molar-refractivity contribution in [2.24, 2.45) is 7.05 Å². The second kappa shape index (κ2) is 7.74. The molecule has 0 unspecified atom stereocenters. The van der Waals surface area contributed by atoms with Gasteiger partial charge in [0.1, 0.15) is 11.5 Å². The Balaban J connectivity index is 1.76. The van der Waals surface area contributed by atoms with Crippen molar-refractivity contribution in [3.8, 4) is 11.5 Å². The lowest BCUT2D eigenvalue weighted by Gasteiger charge is -2.18. The predicted molar refractivity (Wildman–Crippen MR) is 109 cm³/mol. The van der Waals surface area contributed by atoms with Crippen LogP contribution in [0.3, 0.4) is 0 Å². The molecule has 0 saturated heterocycles. The highest BCUT2D eigenvalue weighted by Gasteiger charge is 2.19. The Morgan fingerprint density at radius 1 is 1.07 bits per heavy atom. The average Bonchev–Trinajstić information content (AvgIpc) is 3.02. The van der Waals surface area contributed by atoms with Gasteiger partial charge in [-0.2, -0.15) is 5.10 Å². The maximum Gasteiger partial charge on any atom is 0.182 e. The van der Waals surface area contributed by atoms with Crippen LogP contribution in [0, 0.1) is 6.92 Å². The molecule has 142 valence electrons. The summed E-state index contributed by atoms with van der Waals surface area (Å²) in [5.41, 5.74) is 3.40. The van der Waals surface area contributed by atoms with Gasteiger partial charge in [-0.05, 0) is 31.0 Å². The molecule has 3 heterocycles. The van der Waals surface area contributed by atoms with Crippen LogP contribution in [0.25, 0.3) is 22.6 Å². The number of nitrogens with one attached hydrogen (secondary N) is 1. The number of rotatable bonds is 6. The molecule has 7 nitrogen and oxygen atoms in total. The first-order valence-corrected chi connectivity index (χ1v) is 9.19. The molecule has 4 rings (SSSR count). The summed E-state index contributed by atoms with van der Waals surface area (Å²) < 4.78 is 1.75. The zero-order valence-corrected chi connectivity index (χ0v) is 15.9. The van der Waals surface area contributed by atoms with E-state index >= 15 is 0 Å². The molecule has 1 atom stereocenters. The lowest BCUT2D eigenvalue weighted by molar-refractivity contribution is 0.273. The van der Waals surface area contributed by atoms with E-state index in [1.54, 1.807) is 10.9 Å². The van der Waals surface area contributed by atoms with Crippen molar-refractivity contribution >= 4 is 16.9 Å². The number of aromatic nitrogens is 5. The molecule has 0 bridgehead atoms. The Bertz CT molecular complexity index is 1080. The zero-order valence-electron chi connectivity index (χ0n) is 15.9. The highest BCUT2D eigenvalue weighted by molar-refractivity contribution is 5.90. The first kappa shape index (κ1) is 18.1. The minimum atomic E-state index is -0.184. The number of aliphatic hydroxyl groups excluding tert-OH is 1. The van der Waals surface area contributed by atoms with E-state index < -0.39 is 0 Å². The van der Waals surface area contributed by atoms with Gasteiger partial charge in [0.15, 0.2) is 11.5 Å². The third kappa shape index (κ3) is 3.57. The van der Waals surface area contributed by atoms with Crippen molar-refractivity contribution in [3.05, 3.63) is 66.0 Å². The Hall–Kier alpha value is -3.32. The van der Waals surface area contributed by atoms with Crippen LogP contribution in [-0.2, 0) is 13.5 Å². The summed E-state index contributed by atoms with van der Waals surface area (Å²) >= 11 is 0.